The summed E-state index contributed by atoms with van der Waals surface area (Å²) in [4.78, 5) is 55.8. The van der Waals surface area contributed by atoms with Gasteiger partial charge in [0.05, 0.1) is 17.5 Å². The summed E-state index contributed by atoms with van der Waals surface area (Å²) in [5.74, 6) is -4.58. The molecule has 8 nitrogen and oxygen atoms in total. The van der Waals surface area contributed by atoms with Gasteiger partial charge in [-0.15, -0.1) is 0 Å². The zero-order chi connectivity index (χ0) is 20.7. The molecular weight excluding hydrogens is 368 g/mol. The lowest BCUT2D eigenvalue weighted by atomic mass is 10.1. The molecule has 0 unspecified atom stereocenters. The Morgan fingerprint density at radius 1 is 0.786 bits per heavy atom. The van der Waals surface area contributed by atoms with Gasteiger partial charge in [-0.2, -0.15) is 0 Å². The maximum Gasteiger partial charge on any atom is 0.396 e. The van der Waals surface area contributed by atoms with E-state index in [1.807, 2.05) is 13.8 Å². The Morgan fingerprint density at radius 3 is 1.71 bits per heavy atom. The molecule has 146 valence electrons. The van der Waals surface area contributed by atoms with Crippen LogP contribution >= 0.6 is 0 Å². The van der Waals surface area contributed by atoms with Crippen LogP contribution in [0.4, 0.5) is 0 Å². The highest BCUT2D eigenvalue weighted by molar-refractivity contribution is 5.93. The minimum atomic E-state index is -1.78. The topological polar surface area (TPSA) is 116 Å². The van der Waals surface area contributed by atoms with E-state index in [-0.39, 0.29) is 11.1 Å². The Bertz CT molecular complexity index is 868. The number of esters is 1. The maximum atomic E-state index is 12.1. The second kappa shape index (κ2) is 9.31. The number of carbonyl (C=O) groups is 4. The molecule has 0 heterocycles. The zero-order valence-electron chi connectivity index (χ0n) is 15.2. The Labute approximate surface area is 160 Å². The van der Waals surface area contributed by atoms with Crippen LogP contribution in [0.15, 0.2) is 48.5 Å². The summed E-state index contributed by atoms with van der Waals surface area (Å²) in [7, 11) is 0. The van der Waals surface area contributed by atoms with Gasteiger partial charge in [0.1, 0.15) is 0 Å². The summed E-state index contributed by atoms with van der Waals surface area (Å²) >= 11 is 0. The number of carboxylic acid groups (broad SMARTS) is 1. The molecule has 0 radical (unpaired) electrons. The normalized spacial score (nSPS) is 11.2. The molecule has 0 aliphatic rings. The smallest absolute Gasteiger partial charge is 0.396 e. The van der Waals surface area contributed by atoms with E-state index in [0.29, 0.717) is 0 Å². The number of aryl methyl sites for hydroxylation is 2. The van der Waals surface area contributed by atoms with E-state index in [1.54, 1.807) is 24.3 Å². The summed E-state index contributed by atoms with van der Waals surface area (Å²) in [6.45, 7) is 3.65. The fourth-order valence-corrected chi connectivity index (χ4v) is 2.09. The number of carboxylic acids is 1. The Balaban J connectivity index is 2.00. The van der Waals surface area contributed by atoms with E-state index in [2.05, 4.69) is 9.78 Å². The van der Waals surface area contributed by atoms with Gasteiger partial charge in [-0.05, 0) is 38.1 Å². The molecule has 0 bridgehead atoms. The second-order valence-corrected chi connectivity index (χ2v) is 6.00. The van der Waals surface area contributed by atoms with E-state index in [4.69, 9.17) is 9.84 Å². The zero-order valence-corrected chi connectivity index (χ0v) is 15.2. The Kier molecular flexibility index (Phi) is 6.86. The third kappa shape index (κ3) is 5.94. The van der Waals surface area contributed by atoms with Crippen molar-refractivity contribution >= 4 is 23.9 Å². The third-order valence-corrected chi connectivity index (χ3v) is 3.65. The van der Waals surface area contributed by atoms with Crippen molar-refractivity contribution in [2.75, 3.05) is 0 Å². The van der Waals surface area contributed by atoms with Gasteiger partial charge in [-0.25, -0.2) is 24.2 Å². The van der Waals surface area contributed by atoms with Crippen molar-refractivity contribution in [2.24, 2.45) is 0 Å². The van der Waals surface area contributed by atoms with Crippen LogP contribution in [-0.4, -0.2) is 35.1 Å². The van der Waals surface area contributed by atoms with E-state index in [0.717, 1.165) is 11.1 Å². The SMILES string of the molecule is Cc1ccc(C(=O)OOC(=O)[C@@H](CC(=O)O)OC(=O)c2ccc(C)cc2)cc1. The molecule has 2 aromatic carbocycles. The molecule has 2 rings (SSSR count). The van der Waals surface area contributed by atoms with Gasteiger partial charge >= 0.3 is 23.9 Å². The first-order chi connectivity index (χ1) is 13.3. The molecular formula is C20H18O8. The van der Waals surface area contributed by atoms with Gasteiger partial charge in [0, 0.05) is 0 Å². The molecule has 0 aromatic heterocycles. The second-order valence-electron chi connectivity index (χ2n) is 6.00. The summed E-state index contributed by atoms with van der Waals surface area (Å²) in [5, 5.41) is 8.93. The van der Waals surface area contributed by atoms with Gasteiger partial charge in [0.2, 0.25) is 6.10 Å². The van der Waals surface area contributed by atoms with Crippen LogP contribution in [0.2, 0.25) is 0 Å². The number of carbonyl (C=O) groups excluding carboxylic acids is 3. The van der Waals surface area contributed by atoms with Crippen molar-refractivity contribution in [2.45, 2.75) is 26.4 Å². The number of aliphatic carboxylic acids is 1. The fraction of sp³-hybridized carbons (Fsp3) is 0.200. The van der Waals surface area contributed by atoms with Crippen molar-refractivity contribution < 1.29 is 38.8 Å². The van der Waals surface area contributed by atoms with Crippen molar-refractivity contribution in [1.29, 1.82) is 0 Å². The predicted molar refractivity (Wildman–Crippen MR) is 95.3 cm³/mol. The third-order valence-electron chi connectivity index (χ3n) is 3.65. The lowest BCUT2D eigenvalue weighted by molar-refractivity contribution is -0.242. The largest absolute Gasteiger partial charge is 0.481 e. The number of hydrogen-bond acceptors (Lipinski definition) is 7. The number of rotatable bonds is 6. The summed E-state index contributed by atoms with van der Waals surface area (Å²) in [6.07, 6.45) is -2.63. The molecule has 0 amide bonds. The maximum absolute atomic E-state index is 12.1. The molecule has 0 spiro atoms. The van der Waals surface area contributed by atoms with Gasteiger partial charge in [0.15, 0.2) is 0 Å². The van der Waals surface area contributed by atoms with Crippen molar-refractivity contribution in [3.05, 3.63) is 70.8 Å². The van der Waals surface area contributed by atoms with Gasteiger partial charge in [-0.3, -0.25) is 4.79 Å². The fourth-order valence-electron chi connectivity index (χ4n) is 2.09. The van der Waals surface area contributed by atoms with Crippen LogP contribution in [0.3, 0.4) is 0 Å². The summed E-state index contributed by atoms with van der Waals surface area (Å²) in [6, 6.07) is 12.5. The molecule has 0 aliphatic carbocycles. The van der Waals surface area contributed by atoms with E-state index >= 15 is 0 Å². The quantitative estimate of drug-likeness (QED) is 0.457. The summed E-state index contributed by atoms with van der Waals surface area (Å²) in [5.41, 5.74) is 2.08. The van der Waals surface area contributed by atoms with Crippen LogP contribution in [-0.2, 0) is 24.1 Å². The minimum Gasteiger partial charge on any atom is -0.481 e. The number of hydrogen-bond donors (Lipinski definition) is 1. The first kappa shape index (κ1) is 20.6. The predicted octanol–water partition coefficient (Wildman–Crippen LogP) is 2.62. The first-order valence-electron chi connectivity index (χ1n) is 8.25. The average Bonchev–Trinajstić information content (AvgIpc) is 2.66. The molecule has 2 aromatic rings. The van der Waals surface area contributed by atoms with Crippen LogP contribution < -0.4 is 0 Å². The van der Waals surface area contributed by atoms with Crippen molar-refractivity contribution in [1.82, 2.24) is 0 Å². The first-order valence-corrected chi connectivity index (χ1v) is 8.25. The molecule has 1 N–H and O–H groups in total. The molecule has 0 saturated carbocycles. The Morgan fingerprint density at radius 2 is 1.25 bits per heavy atom. The van der Waals surface area contributed by atoms with Crippen LogP contribution in [0, 0.1) is 13.8 Å². The van der Waals surface area contributed by atoms with Crippen LogP contribution in [0.5, 0.6) is 0 Å². The number of benzene rings is 2. The molecule has 8 heteroatoms. The van der Waals surface area contributed by atoms with Crippen LogP contribution in [0.1, 0.15) is 38.3 Å². The Hall–Kier alpha value is -3.68. The highest BCUT2D eigenvalue weighted by Gasteiger charge is 2.30. The summed E-state index contributed by atoms with van der Waals surface area (Å²) < 4.78 is 4.92. The lowest BCUT2D eigenvalue weighted by Crippen LogP contribution is -2.32. The van der Waals surface area contributed by atoms with Gasteiger partial charge in [-0.1, -0.05) is 35.4 Å². The van der Waals surface area contributed by atoms with E-state index < -0.39 is 36.4 Å². The average molecular weight is 386 g/mol. The molecule has 28 heavy (non-hydrogen) atoms. The van der Waals surface area contributed by atoms with Gasteiger partial charge in [0.25, 0.3) is 0 Å². The van der Waals surface area contributed by atoms with Crippen LogP contribution in [0.25, 0.3) is 0 Å². The molecule has 0 fully saturated rings. The lowest BCUT2D eigenvalue weighted by Gasteiger charge is -2.14. The highest BCUT2D eigenvalue weighted by Crippen LogP contribution is 2.11. The molecule has 0 saturated heterocycles. The molecule has 1 atom stereocenters. The monoisotopic (exact) mass is 386 g/mol. The minimum absolute atomic E-state index is 0.129. The standard InChI is InChI=1S/C20H18O8/c1-12-3-7-14(8-4-12)18(23)26-16(11-17(21)22)20(25)28-27-19(24)15-9-5-13(2)6-10-15/h3-10,16H,11H2,1-2H3,(H,21,22)/t16-/m1/s1. The molecule has 0 aliphatic heterocycles. The number of ether oxygens (including phenoxy) is 1. The van der Waals surface area contributed by atoms with Crippen molar-refractivity contribution in [3.63, 3.8) is 0 Å². The van der Waals surface area contributed by atoms with E-state index in [9.17, 15) is 19.2 Å². The van der Waals surface area contributed by atoms with E-state index in [1.165, 1.54) is 24.3 Å². The van der Waals surface area contributed by atoms with Crippen molar-refractivity contribution in [3.8, 4) is 0 Å². The highest BCUT2D eigenvalue weighted by atomic mass is 17.2. The van der Waals surface area contributed by atoms with Gasteiger partial charge < -0.3 is 9.84 Å².